The molecule has 2 unspecified atom stereocenters. The van der Waals surface area contributed by atoms with Gasteiger partial charge in [-0.2, -0.15) is 0 Å². The molecule has 2 fully saturated rings. The van der Waals surface area contributed by atoms with Crippen LogP contribution < -0.4 is 11.1 Å². The molecule has 4 heterocycles. The summed E-state index contributed by atoms with van der Waals surface area (Å²) in [7, 11) is 0. The number of carbonyl (C=O) groups excluding carboxylic acids is 1. The Bertz CT molecular complexity index is 1540. The van der Waals surface area contributed by atoms with E-state index in [0.717, 1.165) is 54.9 Å². The van der Waals surface area contributed by atoms with E-state index in [1.165, 1.54) is 15.2 Å². The van der Waals surface area contributed by atoms with Gasteiger partial charge in [-0.1, -0.05) is 27.7 Å². The van der Waals surface area contributed by atoms with Crippen molar-refractivity contribution in [1.82, 2.24) is 18.9 Å². The summed E-state index contributed by atoms with van der Waals surface area (Å²) in [5.74, 6) is -0.917. The second-order valence-electron chi connectivity index (χ2n) is 14.7. The maximum absolute atomic E-state index is 13.3. The molecule has 0 spiro atoms. The van der Waals surface area contributed by atoms with E-state index >= 15 is 0 Å². The van der Waals surface area contributed by atoms with E-state index in [0.29, 0.717) is 51.8 Å². The lowest BCUT2D eigenvalue weighted by Crippen LogP contribution is -2.32. The van der Waals surface area contributed by atoms with Crippen LogP contribution in [0.5, 0.6) is 0 Å². The Kier molecular flexibility index (Phi) is 15.8. The third kappa shape index (κ3) is 12.1. The Morgan fingerprint density at radius 1 is 0.800 bits per heavy atom. The molecule has 0 saturated carbocycles. The van der Waals surface area contributed by atoms with Crippen LogP contribution in [0.15, 0.2) is 34.1 Å². The van der Waals surface area contributed by atoms with Gasteiger partial charge in [0.2, 0.25) is 0 Å². The molecule has 0 bridgehead atoms. The number of ether oxygens (including phenoxy) is 1. The summed E-state index contributed by atoms with van der Waals surface area (Å²) in [5.41, 5.74) is 3.27. The Labute approximate surface area is 295 Å². The molecule has 2 aliphatic rings. The van der Waals surface area contributed by atoms with E-state index in [-0.39, 0.29) is 28.9 Å². The van der Waals surface area contributed by atoms with Crippen molar-refractivity contribution in [3.8, 4) is 0 Å². The molecule has 0 radical (unpaired) electrons. The second kappa shape index (κ2) is 19.3. The predicted molar refractivity (Wildman–Crippen MR) is 191 cm³/mol. The molecule has 2 aromatic heterocycles. The normalized spacial score (nSPS) is 19.4. The number of hydrogen-bond donors (Lipinski definition) is 1. The molecular formula is C38H58F2N4O6. The van der Waals surface area contributed by atoms with Gasteiger partial charge >= 0.3 is 11.9 Å². The number of aromatic nitrogens is 2. The Balaban J connectivity index is 0.000000271. The lowest BCUT2D eigenvalue weighted by Gasteiger charge is -2.22. The van der Waals surface area contributed by atoms with Gasteiger partial charge in [0.15, 0.2) is 0 Å². The van der Waals surface area contributed by atoms with Crippen LogP contribution in [0.2, 0.25) is 0 Å². The number of rotatable bonds is 15. The number of halogens is 2. The SMILES string of the molecule is CCOC(=O)C(CC(C)C)n1cc(CCN2CC[C@@H](F)C2)c(C)cc1=O.Cc1cc(=O)n(C(CC(C)C)C(=O)O)cc1CCN1CC[C@@H](F)C1. The van der Waals surface area contributed by atoms with Gasteiger partial charge in [0.25, 0.3) is 11.1 Å². The molecule has 2 saturated heterocycles. The number of carboxylic acid groups (broad SMARTS) is 1. The molecule has 4 atom stereocenters. The molecular weight excluding hydrogens is 646 g/mol. The van der Waals surface area contributed by atoms with Crippen molar-refractivity contribution in [2.45, 2.75) is 111 Å². The van der Waals surface area contributed by atoms with E-state index in [4.69, 9.17) is 4.74 Å². The first kappa shape index (κ1) is 41.0. The lowest BCUT2D eigenvalue weighted by atomic mass is 10.0. The van der Waals surface area contributed by atoms with Crippen LogP contribution in [0.25, 0.3) is 0 Å². The molecule has 2 aliphatic heterocycles. The van der Waals surface area contributed by atoms with Crippen molar-refractivity contribution in [2.75, 3.05) is 45.9 Å². The minimum atomic E-state index is -0.986. The lowest BCUT2D eigenvalue weighted by molar-refractivity contribution is -0.147. The molecule has 2 aromatic rings. The third-order valence-corrected chi connectivity index (χ3v) is 9.52. The molecule has 10 nitrogen and oxygen atoms in total. The zero-order valence-corrected chi connectivity index (χ0v) is 31.0. The summed E-state index contributed by atoms with van der Waals surface area (Å²) < 4.78 is 34.7. The number of pyridine rings is 2. The van der Waals surface area contributed by atoms with Gasteiger partial charge in [-0.15, -0.1) is 0 Å². The van der Waals surface area contributed by atoms with E-state index in [9.17, 15) is 33.1 Å². The highest BCUT2D eigenvalue weighted by Gasteiger charge is 2.27. The van der Waals surface area contributed by atoms with E-state index < -0.39 is 30.4 Å². The van der Waals surface area contributed by atoms with Gasteiger partial charge in [-0.3, -0.25) is 9.59 Å². The van der Waals surface area contributed by atoms with Gasteiger partial charge in [-0.05, 0) is 93.4 Å². The number of esters is 1. The van der Waals surface area contributed by atoms with Gasteiger partial charge in [-0.25, -0.2) is 18.4 Å². The maximum atomic E-state index is 13.3. The number of alkyl halides is 2. The quantitative estimate of drug-likeness (QED) is 0.249. The van der Waals surface area contributed by atoms with E-state index in [1.54, 1.807) is 25.4 Å². The minimum Gasteiger partial charge on any atom is -0.480 e. The number of likely N-dealkylation sites (tertiary alicyclic amines) is 2. The zero-order chi connectivity index (χ0) is 37.1. The number of aliphatic carboxylic acids is 1. The molecule has 280 valence electrons. The van der Waals surface area contributed by atoms with Gasteiger partial charge in [0.05, 0.1) is 6.61 Å². The zero-order valence-electron chi connectivity index (χ0n) is 31.0. The topological polar surface area (TPSA) is 114 Å². The number of carboxylic acids is 1. The van der Waals surface area contributed by atoms with Gasteiger partial charge < -0.3 is 28.8 Å². The predicted octanol–water partition coefficient (Wildman–Crippen LogP) is 5.31. The van der Waals surface area contributed by atoms with Crippen LogP contribution in [0.3, 0.4) is 0 Å². The van der Waals surface area contributed by atoms with Crippen molar-refractivity contribution >= 4 is 11.9 Å². The number of nitrogens with zero attached hydrogens (tertiary/aromatic N) is 4. The van der Waals surface area contributed by atoms with Crippen LogP contribution in [0, 0.1) is 25.7 Å². The first-order chi connectivity index (χ1) is 23.6. The Morgan fingerprint density at radius 3 is 1.58 bits per heavy atom. The molecule has 12 heteroatoms. The fourth-order valence-corrected chi connectivity index (χ4v) is 6.70. The summed E-state index contributed by atoms with van der Waals surface area (Å²) in [4.78, 5) is 52.9. The van der Waals surface area contributed by atoms with Crippen molar-refractivity contribution in [1.29, 1.82) is 0 Å². The van der Waals surface area contributed by atoms with Crippen molar-refractivity contribution < 1.29 is 28.2 Å². The molecule has 0 aliphatic carbocycles. The highest BCUT2D eigenvalue weighted by molar-refractivity contribution is 5.74. The molecule has 1 N–H and O–H groups in total. The first-order valence-corrected chi connectivity index (χ1v) is 18.1. The van der Waals surface area contributed by atoms with Gasteiger partial charge in [0.1, 0.15) is 24.4 Å². The van der Waals surface area contributed by atoms with Crippen molar-refractivity contribution in [2.24, 2.45) is 11.8 Å². The molecule has 4 rings (SSSR count). The van der Waals surface area contributed by atoms with Gasteiger partial charge in [0, 0.05) is 63.8 Å². The van der Waals surface area contributed by atoms with E-state index in [2.05, 4.69) is 9.80 Å². The first-order valence-electron chi connectivity index (χ1n) is 18.1. The summed E-state index contributed by atoms with van der Waals surface area (Å²) in [6.07, 6.45) is 5.55. The largest absolute Gasteiger partial charge is 0.480 e. The highest BCUT2D eigenvalue weighted by Crippen LogP contribution is 2.21. The molecule has 0 aromatic carbocycles. The fraction of sp³-hybridized carbons (Fsp3) is 0.684. The van der Waals surface area contributed by atoms with Crippen molar-refractivity contribution in [3.05, 3.63) is 67.5 Å². The van der Waals surface area contributed by atoms with Crippen LogP contribution in [-0.2, 0) is 27.2 Å². The van der Waals surface area contributed by atoms with Crippen LogP contribution >= 0.6 is 0 Å². The van der Waals surface area contributed by atoms with Crippen LogP contribution in [0.4, 0.5) is 8.78 Å². The fourth-order valence-electron chi connectivity index (χ4n) is 6.70. The summed E-state index contributed by atoms with van der Waals surface area (Å²) in [6, 6.07) is 1.64. The highest BCUT2D eigenvalue weighted by atomic mass is 19.1. The maximum Gasteiger partial charge on any atom is 0.329 e. The number of aryl methyl sites for hydroxylation is 2. The van der Waals surface area contributed by atoms with Crippen LogP contribution in [-0.4, -0.2) is 94.2 Å². The number of carbonyl (C=O) groups is 2. The number of hydrogen-bond acceptors (Lipinski definition) is 7. The molecule has 0 amide bonds. The minimum absolute atomic E-state index is 0.175. The summed E-state index contributed by atoms with van der Waals surface area (Å²) in [5, 5.41) is 9.48. The summed E-state index contributed by atoms with van der Waals surface area (Å²) >= 11 is 0. The van der Waals surface area contributed by atoms with Crippen molar-refractivity contribution in [3.63, 3.8) is 0 Å². The Hall–Kier alpha value is -3.38. The average Bonchev–Trinajstić information content (AvgIpc) is 3.65. The van der Waals surface area contributed by atoms with Crippen LogP contribution in [0.1, 0.15) is 94.6 Å². The Morgan fingerprint density at radius 2 is 1.22 bits per heavy atom. The average molecular weight is 705 g/mol. The standard InChI is InChI=1S/C20H31FN2O3.C18H27FN2O3/c1-5-26-20(25)18(10-14(2)3)23-12-16(15(4)11-19(23)24)6-8-22-9-7-17(21)13-22;1-12(2)8-16(18(23)24)21-10-14(13(3)9-17(21)22)4-6-20-7-5-15(19)11-20/h11-12,14,17-18H,5-10,13H2,1-4H3;9-10,12,15-16H,4-8,11H2,1-3H3,(H,23,24)/t17-,18?;15-,16?/m11/s1. The van der Waals surface area contributed by atoms with E-state index in [1.807, 2.05) is 41.5 Å². The second-order valence-corrected chi connectivity index (χ2v) is 14.7. The molecule has 50 heavy (non-hydrogen) atoms. The summed E-state index contributed by atoms with van der Waals surface area (Å²) in [6.45, 7) is 17.7. The monoisotopic (exact) mass is 704 g/mol. The smallest absolute Gasteiger partial charge is 0.329 e. The third-order valence-electron chi connectivity index (χ3n) is 9.52.